The molecule has 2 aromatic carbocycles. The van der Waals surface area contributed by atoms with E-state index in [0.717, 1.165) is 22.4 Å². The smallest absolute Gasteiger partial charge is 0.241 e. The molecule has 30 heavy (non-hydrogen) atoms. The van der Waals surface area contributed by atoms with Crippen LogP contribution in [0, 0.1) is 13.8 Å². The second kappa shape index (κ2) is 9.67. The van der Waals surface area contributed by atoms with Crippen LogP contribution in [-0.2, 0) is 9.59 Å². The molecule has 8 heteroatoms. The highest BCUT2D eigenvalue weighted by Crippen LogP contribution is 2.39. The van der Waals surface area contributed by atoms with Crippen LogP contribution < -0.4 is 14.8 Å². The molecular formula is C22H25N3O4S. The lowest BCUT2D eigenvalue weighted by Gasteiger charge is -2.20. The summed E-state index contributed by atoms with van der Waals surface area (Å²) < 4.78 is 11.7. The SMILES string of the molecule is CC(=O)NC1=NN(C(C)=O)[C@H](c2cccc(OCCOc3c(C)cccc3C)c2)S1. The quantitative estimate of drug-likeness (QED) is 0.710. The molecule has 0 saturated carbocycles. The minimum absolute atomic E-state index is 0.207. The first-order valence-corrected chi connectivity index (χ1v) is 10.5. The first-order valence-electron chi connectivity index (χ1n) is 9.59. The summed E-state index contributed by atoms with van der Waals surface area (Å²) in [6.45, 7) is 7.69. The molecule has 0 fully saturated rings. The van der Waals surface area contributed by atoms with Gasteiger partial charge >= 0.3 is 0 Å². The molecule has 0 radical (unpaired) electrons. The molecular weight excluding hydrogens is 402 g/mol. The Hall–Kier alpha value is -3.00. The average molecular weight is 428 g/mol. The topological polar surface area (TPSA) is 80.2 Å². The number of nitrogens with one attached hydrogen (secondary N) is 1. The minimum atomic E-state index is -0.362. The maximum absolute atomic E-state index is 12.0. The highest BCUT2D eigenvalue weighted by atomic mass is 32.2. The summed E-state index contributed by atoms with van der Waals surface area (Å²) in [6.07, 6.45) is 0. The third kappa shape index (κ3) is 5.33. The number of rotatable bonds is 6. The second-order valence-corrected chi connectivity index (χ2v) is 7.98. The van der Waals surface area contributed by atoms with Crippen LogP contribution >= 0.6 is 11.8 Å². The minimum Gasteiger partial charge on any atom is -0.490 e. The molecule has 1 aliphatic rings. The number of hydrogen-bond donors (Lipinski definition) is 1. The third-order valence-corrected chi connectivity index (χ3v) is 5.50. The van der Waals surface area contributed by atoms with E-state index in [0.29, 0.717) is 24.1 Å². The molecule has 0 bridgehead atoms. The number of para-hydroxylation sites is 1. The number of ether oxygens (including phenoxy) is 2. The van der Waals surface area contributed by atoms with Crippen LogP contribution in [0.25, 0.3) is 0 Å². The van der Waals surface area contributed by atoms with Crippen molar-refractivity contribution in [3.8, 4) is 11.5 Å². The highest BCUT2D eigenvalue weighted by molar-refractivity contribution is 8.14. The van der Waals surface area contributed by atoms with Crippen molar-refractivity contribution in [2.75, 3.05) is 13.2 Å². The fraction of sp³-hybridized carbons (Fsp3) is 0.318. The van der Waals surface area contributed by atoms with Crippen LogP contribution in [0.2, 0.25) is 0 Å². The summed E-state index contributed by atoms with van der Waals surface area (Å²) in [5, 5.41) is 8.25. The Balaban J connectivity index is 1.62. The zero-order valence-corrected chi connectivity index (χ0v) is 18.3. The van der Waals surface area contributed by atoms with E-state index in [2.05, 4.69) is 10.4 Å². The molecule has 1 N–H and O–H groups in total. The predicted octanol–water partition coefficient (Wildman–Crippen LogP) is 3.76. The molecule has 158 valence electrons. The molecule has 3 rings (SSSR count). The number of nitrogens with zero attached hydrogens (tertiary/aromatic N) is 2. The van der Waals surface area contributed by atoms with Crippen molar-refractivity contribution in [1.29, 1.82) is 0 Å². The lowest BCUT2D eigenvalue weighted by molar-refractivity contribution is -0.129. The van der Waals surface area contributed by atoms with Gasteiger partial charge in [-0.05, 0) is 42.7 Å². The molecule has 0 aliphatic carbocycles. The van der Waals surface area contributed by atoms with Gasteiger partial charge in [-0.1, -0.05) is 42.1 Å². The molecule has 2 amide bonds. The average Bonchev–Trinajstić information content (AvgIpc) is 3.11. The lowest BCUT2D eigenvalue weighted by atomic mass is 10.1. The van der Waals surface area contributed by atoms with Crippen LogP contribution in [0.3, 0.4) is 0 Å². The van der Waals surface area contributed by atoms with Crippen molar-refractivity contribution in [3.05, 3.63) is 59.2 Å². The summed E-state index contributed by atoms with van der Waals surface area (Å²) in [5.41, 5.74) is 3.04. The van der Waals surface area contributed by atoms with E-state index >= 15 is 0 Å². The van der Waals surface area contributed by atoms with E-state index in [4.69, 9.17) is 9.47 Å². The van der Waals surface area contributed by atoms with Gasteiger partial charge in [0.15, 0.2) is 5.17 Å². The Morgan fingerprint density at radius 2 is 1.73 bits per heavy atom. The van der Waals surface area contributed by atoms with Crippen LogP contribution in [0.1, 0.15) is 35.9 Å². The number of carbonyl (C=O) groups is 2. The zero-order chi connectivity index (χ0) is 21.7. The van der Waals surface area contributed by atoms with E-state index in [9.17, 15) is 9.59 Å². The van der Waals surface area contributed by atoms with Crippen LogP contribution in [0.4, 0.5) is 0 Å². The Kier molecular flexibility index (Phi) is 6.99. The van der Waals surface area contributed by atoms with Gasteiger partial charge in [0.25, 0.3) is 0 Å². The van der Waals surface area contributed by atoms with Gasteiger partial charge in [-0.15, -0.1) is 5.10 Å². The number of amidine groups is 1. The number of benzene rings is 2. The summed E-state index contributed by atoms with van der Waals surface area (Å²) >= 11 is 1.31. The Morgan fingerprint density at radius 3 is 2.40 bits per heavy atom. The molecule has 1 heterocycles. The van der Waals surface area contributed by atoms with E-state index in [1.807, 2.05) is 56.3 Å². The maximum Gasteiger partial charge on any atom is 0.241 e. The van der Waals surface area contributed by atoms with Crippen molar-refractivity contribution in [2.24, 2.45) is 5.10 Å². The molecule has 0 saturated heterocycles. The lowest BCUT2D eigenvalue weighted by Crippen LogP contribution is -2.25. The number of aryl methyl sites for hydroxylation is 2. The fourth-order valence-corrected chi connectivity index (χ4v) is 4.19. The van der Waals surface area contributed by atoms with E-state index in [1.54, 1.807) is 0 Å². The van der Waals surface area contributed by atoms with Crippen LogP contribution in [-0.4, -0.2) is 35.2 Å². The normalized spacial score (nSPS) is 15.5. The predicted molar refractivity (Wildman–Crippen MR) is 117 cm³/mol. The maximum atomic E-state index is 12.0. The molecule has 0 spiro atoms. The Morgan fingerprint density at radius 1 is 1.07 bits per heavy atom. The number of amides is 2. The number of hydrogen-bond acceptors (Lipinski definition) is 6. The number of thioether (sulfide) groups is 1. The molecule has 7 nitrogen and oxygen atoms in total. The van der Waals surface area contributed by atoms with E-state index in [1.165, 1.54) is 30.6 Å². The van der Waals surface area contributed by atoms with Crippen molar-refractivity contribution in [1.82, 2.24) is 10.3 Å². The monoisotopic (exact) mass is 427 g/mol. The van der Waals surface area contributed by atoms with Gasteiger partial charge in [0.2, 0.25) is 11.8 Å². The van der Waals surface area contributed by atoms with Crippen molar-refractivity contribution >= 4 is 28.7 Å². The van der Waals surface area contributed by atoms with E-state index < -0.39 is 0 Å². The highest BCUT2D eigenvalue weighted by Gasteiger charge is 2.32. The first-order chi connectivity index (χ1) is 14.3. The van der Waals surface area contributed by atoms with Gasteiger partial charge in [-0.2, -0.15) is 0 Å². The molecule has 1 aliphatic heterocycles. The largest absolute Gasteiger partial charge is 0.490 e. The molecule has 2 aromatic rings. The number of carbonyl (C=O) groups excluding carboxylic acids is 2. The van der Waals surface area contributed by atoms with Crippen molar-refractivity contribution in [2.45, 2.75) is 33.1 Å². The van der Waals surface area contributed by atoms with Crippen molar-refractivity contribution in [3.63, 3.8) is 0 Å². The number of hydrazone groups is 1. The van der Waals surface area contributed by atoms with Crippen LogP contribution in [0.15, 0.2) is 47.6 Å². The van der Waals surface area contributed by atoms with Gasteiger partial charge in [-0.3, -0.25) is 9.59 Å². The van der Waals surface area contributed by atoms with Gasteiger partial charge in [0.1, 0.15) is 30.1 Å². The summed E-state index contributed by atoms with van der Waals surface area (Å²) in [5.74, 6) is 1.12. The third-order valence-electron chi connectivity index (χ3n) is 4.40. The summed E-state index contributed by atoms with van der Waals surface area (Å²) in [7, 11) is 0. The molecule has 1 atom stereocenters. The van der Waals surface area contributed by atoms with Gasteiger partial charge in [-0.25, -0.2) is 5.01 Å². The van der Waals surface area contributed by atoms with E-state index in [-0.39, 0.29) is 17.2 Å². The van der Waals surface area contributed by atoms with Gasteiger partial charge < -0.3 is 14.8 Å². The Bertz CT molecular complexity index is 956. The Labute approximate surface area is 180 Å². The van der Waals surface area contributed by atoms with Gasteiger partial charge in [0, 0.05) is 13.8 Å². The van der Waals surface area contributed by atoms with Crippen molar-refractivity contribution < 1.29 is 19.1 Å². The summed E-state index contributed by atoms with van der Waals surface area (Å²) in [4.78, 5) is 23.3. The summed E-state index contributed by atoms with van der Waals surface area (Å²) in [6, 6.07) is 13.5. The second-order valence-electron chi connectivity index (χ2n) is 6.91. The molecule has 0 aromatic heterocycles. The fourth-order valence-electron chi connectivity index (χ4n) is 3.07. The standard InChI is InChI=1S/C22H25N3O4S/c1-14-7-5-8-15(2)20(14)29-12-11-28-19-10-6-9-18(13-19)21-25(17(4)27)24-22(30-21)23-16(3)26/h5-10,13,21H,11-12H2,1-4H3,(H,23,24,26)/t21-/m0/s1. The van der Waals surface area contributed by atoms with Crippen LogP contribution in [0.5, 0.6) is 11.5 Å². The first kappa shape index (κ1) is 21.7. The zero-order valence-electron chi connectivity index (χ0n) is 17.5. The molecule has 0 unspecified atom stereocenters. The van der Waals surface area contributed by atoms with Gasteiger partial charge in [0.05, 0.1) is 0 Å².